The highest BCUT2D eigenvalue weighted by atomic mass is 16.6. The van der Waals surface area contributed by atoms with E-state index in [-0.39, 0.29) is 49.7 Å². The number of para-hydroxylation sites is 1. The third-order valence-corrected chi connectivity index (χ3v) is 9.34. The Labute approximate surface area is 277 Å². The van der Waals surface area contributed by atoms with E-state index >= 15 is 0 Å². The Morgan fingerprint density at radius 1 is 1.10 bits per heavy atom. The second-order valence-corrected chi connectivity index (χ2v) is 12.4. The predicted molar refractivity (Wildman–Crippen MR) is 175 cm³/mol. The summed E-state index contributed by atoms with van der Waals surface area (Å²) >= 11 is 0. The van der Waals surface area contributed by atoms with Crippen molar-refractivity contribution >= 4 is 28.7 Å². The number of fused-ring (bicyclic) bond motifs is 5. The quantitative estimate of drug-likeness (QED) is 0.114. The van der Waals surface area contributed by atoms with Crippen molar-refractivity contribution in [3.8, 4) is 11.4 Å². The number of pyridine rings is 2. The van der Waals surface area contributed by atoms with E-state index in [0.717, 1.165) is 48.0 Å². The van der Waals surface area contributed by atoms with Gasteiger partial charge in [0.15, 0.2) is 5.60 Å². The standard InChI is InChI=1S/C34H42N6O8/c1-2-34(45)26-15-28-31-24(17-40(28)32(43)25(26)18-48-33(34)44)23(22-5-3-4-6-27(22)38-31)16-39-11-7-21(8-12-39)37-30(42)20-47-19-29(41)36-10-14-46-13-9-35/h3-6,15,21,45H,2,7-14,16-20,35H2,1H3,(H,36,41)(H,37,42)/t34-/m0/s1. The van der Waals surface area contributed by atoms with E-state index in [0.29, 0.717) is 61.9 Å². The molecule has 1 saturated heterocycles. The summed E-state index contributed by atoms with van der Waals surface area (Å²) in [4.78, 5) is 58.0. The molecule has 0 aliphatic carbocycles. The number of carbonyl (C=O) groups is 3. The SMILES string of the molecule is CC[C@@]1(O)C(=O)OCc2c1cc1n(c2=O)Cc2c-1nc1ccccc1c2CN1CCC(NC(=O)COCC(=O)NCCOCCN)CC1. The van der Waals surface area contributed by atoms with Gasteiger partial charge < -0.3 is 40.3 Å². The summed E-state index contributed by atoms with van der Waals surface area (Å²) in [5, 5.41) is 17.9. The summed E-state index contributed by atoms with van der Waals surface area (Å²) in [6, 6.07) is 9.62. The molecule has 256 valence electrons. The van der Waals surface area contributed by atoms with Crippen molar-refractivity contribution in [2.24, 2.45) is 5.73 Å². The van der Waals surface area contributed by atoms with Crippen molar-refractivity contribution in [2.45, 2.75) is 57.5 Å². The lowest BCUT2D eigenvalue weighted by molar-refractivity contribution is -0.172. The van der Waals surface area contributed by atoms with Crippen LogP contribution >= 0.6 is 0 Å². The minimum Gasteiger partial charge on any atom is -0.458 e. The number of amides is 2. The van der Waals surface area contributed by atoms with Crippen molar-refractivity contribution in [3.05, 3.63) is 62.9 Å². The number of likely N-dealkylation sites (tertiary alicyclic amines) is 1. The van der Waals surface area contributed by atoms with Crippen LogP contribution in [0.4, 0.5) is 0 Å². The molecule has 0 unspecified atom stereocenters. The van der Waals surface area contributed by atoms with Crippen molar-refractivity contribution in [3.63, 3.8) is 0 Å². The van der Waals surface area contributed by atoms with Gasteiger partial charge in [-0.1, -0.05) is 25.1 Å². The van der Waals surface area contributed by atoms with Gasteiger partial charge in [-0.25, -0.2) is 9.78 Å². The molecule has 0 spiro atoms. The number of aromatic nitrogens is 2. The highest BCUT2D eigenvalue weighted by molar-refractivity contribution is 5.89. The summed E-state index contributed by atoms with van der Waals surface area (Å²) in [7, 11) is 0. The van der Waals surface area contributed by atoms with E-state index in [1.807, 2.05) is 24.3 Å². The van der Waals surface area contributed by atoms with E-state index in [1.54, 1.807) is 17.6 Å². The van der Waals surface area contributed by atoms with E-state index in [4.69, 9.17) is 24.9 Å². The predicted octanol–water partition coefficient (Wildman–Crippen LogP) is 0.268. The largest absolute Gasteiger partial charge is 0.458 e. The van der Waals surface area contributed by atoms with Crippen LogP contribution in [0.5, 0.6) is 0 Å². The number of hydrogen-bond donors (Lipinski definition) is 4. The number of aliphatic hydroxyl groups is 1. The Balaban J connectivity index is 1.10. The summed E-state index contributed by atoms with van der Waals surface area (Å²) in [6.07, 6.45) is 1.57. The number of benzene rings is 1. The number of hydrogen-bond acceptors (Lipinski definition) is 11. The second kappa shape index (κ2) is 14.5. The van der Waals surface area contributed by atoms with Crippen molar-refractivity contribution in [2.75, 3.05) is 52.6 Å². The van der Waals surface area contributed by atoms with Gasteiger partial charge in [-0.15, -0.1) is 0 Å². The molecule has 6 rings (SSSR count). The fraction of sp³-hybridized carbons (Fsp3) is 0.500. The first-order valence-corrected chi connectivity index (χ1v) is 16.4. The number of rotatable bonds is 13. The molecule has 3 aromatic rings. The lowest BCUT2D eigenvalue weighted by atomic mass is 9.86. The highest BCUT2D eigenvalue weighted by Crippen LogP contribution is 2.40. The van der Waals surface area contributed by atoms with Gasteiger partial charge in [0.1, 0.15) is 19.8 Å². The van der Waals surface area contributed by atoms with Gasteiger partial charge in [-0.05, 0) is 37.0 Å². The van der Waals surface area contributed by atoms with Gasteiger partial charge in [-0.3, -0.25) is 19.3 Å². The third-order valence-electron chi connectivity index (χ3n) is 9.34. The van der Waals surface area contributed by atoms with E-state index in [1.165, 1.54) is 0 Å². The molecule has 5 heterocycles. The van der Waals surface area contributed by atoms with Gasteiger partial charge in [0, 0.05) is 55.3 Å². The zero-order valence-corrected chi connectivity index (χ0v) is 27.1. The Bertz CT molecular complexity index is 1770. The molecule has 2 aromatic heterocycles. The lowest BCUT2D eigenvalue weighted by Crippen LogP contribution is -2.45. The number of ether oxygens (including phenoxy) is 3. The number of nitrogens with zero attached hydrogens (tertiary/aromatic N) is 3. The van der Waals surface area contributed by atoms with Crippen molar-refractivity contribution in [1.29, 1.82) is 0 Å². The maximum atomic E-state index is 13.7. The molecule has 14 heteroatoms. The first-order valence-electron chi connectivity index (χ1n) is 16.4. The first-order chi connectivity index (χ1) is 23.2. The zero-order valence-electron chi connectivity index (χ0n) is 27.1. The van der Waals surface area contributed by atoms with Crippen LogP contribution in [-0.2, 0) is 53.9 Å². The summed E-state index contributed by atoms with van der Waals surface area (Å²) < 4.78 is 17.4. The first kappa shape index (κ1) is 33.7. The van der Waals surface area contributed by atoms with Crippen LogP contribution in [-0.4, -0.2) is 96.0 Å². The minimum absolute atomic E-state index is 0.0119. The summed E-state index contributed by atoms with van der Waals surface area (Å²) in [5.41, 5.74) is 7.85. The smallest absolute Gasteiger partial charge is 0.343 e. The fourth-order valence-electron chi connectivity index (χ4n) is 6.76. The van der Waals surface area contributed by atoms with Crippen molar-refractivity contribution in [1.82, 2.24) is 25.1 Å². The molecular formula is C34H42N6O8. The molecule has 2 amide bonds. The van der Waals surface area contributed by atoms with Gasteiger partial charge in [-0.2, -0.15) is 0 Å². The molecule has 0 saturated carbocycles. The molecule has 5 N–H and O–H groups in total. The molecule has 48 heavy (non-hydrogen) atoms. The number of esters is 1. The van der Waals surface area contributed by atoms with Crippen LogP contribution < -0.4 is 21.9 Å². The van der Waals surface area contributed by atoms with Crippen molar-refractivity contribution < 1.29 is 33.7 Å². The molecule has 3 aliphatic rings. The number of carbonyl (C=O) groups excluding carboxylic acids is 3. The maximum Gasteiger partial charge on any atom is 0.343 e. The molecule has 1 atom stereocenters. The minimum atomic E-state index is -1.88. The Hall–Kier alpha value is -4.21. The molecule has 14 nitrogen and oxygen atoms in total. The molecule has 0 radical (unpaired) electrons. The zero-order chi connectivity index (χ0) is 33.8. The molecule has 3 aliphatic heterocycles. The Kier molecular flexibility index (Phi) is 10.2. The second-order valence-electron chi connectivity index (χ2n) is 12.4. The topological polar surface area (TPSA) is 187 Å². The average molecular weight is 663 g/mol. The van der Waals surface area contributed by atoms with E-state index < -0.39 is 11.6 Å². The van der Waals surface area contributed by atoms with Crippen LogP contribution in [0.25, 0.3) is 22.3 Å². The monoisotopic (exact) mass is 662 g/mol. The number of nitrogens with two attached hydrogens (primary N) is 1. The van der Waals surface area contributed by atoms with Gasteiger partial charge in [0.05, 0.1) is 42.2 Å². The van der Waals surface area contributed by atoms with E-state index in [9.17, 15) is 24.3 Å². The molecular weight excluding hydrogens is 620 g/mol. The number of nitrogens with one attached hydrogen (secondary N) is 2. The average Bonchev–Trinajstić information content (AvgIpc) is 3.46. The van der Waals surface area contributed by atoms with Crippen LogP contribution in [0.2, 0.25) is 0 Å². The van der Waals surface area contributed by atoms with E-state index in [2.05, 4.69) is 15.5 Å². The van der Waals surface area contributed by atoms with Crippen LogP contribution in [0.15, 0.2) is 35.1 Å². The molecule has 0 bridgehead atoms. The maximum absolute atomic E-state index is 13.7. The number of cyclic esters (lactones) is 1. The van der Waals surface area contributed by atoms with Gasteiger partial charge in [0.2, 0.25) is 11.8 Å². The molecule has 1 aromatic carbocycles. The Morgan fingerprint density at radius 2 is 1.88 bits per heavy atom. The van der Waals surface area contributed by atoms with Gasteiger partial charge >= 0.3 is 5.97 Å². The van der Waals surface area contributed by atoms with Crippen LogP contribution in [0.1, 0.15) is 48.4 Å². The van der Waals surface area contributed by atoms with Crippen LogP contribution in [0.3, 0.4) is 0 Å². The fourth-order valence-corrected chi connectivity index (χ4v) is 6.76. The normalized spacial score (nSPS) is 19.0. The number of piperidine rings is 1. The highest BCUT2D eigenvalue weighted by Gasteiger charge is 2.45. The van der Waals surface area contributed by atoms with Crippen LogP contribution in [0, 0.1) is 0 Å². The Morgan fingerprint density at radius 3 is 2.65 bits per heavy atom. The summed E-state index contributed by atoms with van der Waals surface area (Å²) in [6.45, 7) is 5.11. The summed E-state index contributed by atoms with van der Waals surface area (Å²) in [5.74, 6) is -1.33. The third kappa shape index (κ3) is 6.71. The lowest BCUT2D eigenvalue weighted by Gasteiger charge is -2.33. The van der Waals surface area contributed by atoms with Gasteiger partial charge in [0.25, 0.3) is 5.56 Å². The molecule has 1 fully saturated rings.